The number of guanidine groups is 1. The molecule has 0 heterocycles. The molecular weight excluding hydrogens is 395 g/mol. The Labute approximate surface area is 167 Å². The van der Waals surface area contributed by atoms with Crippen LogP contribution in [0.15, 0.2) is 47.5 Å². The molecule has 0 aliphatic rings. The predicted octanol–water partition coefficient (Wildman–Crippen LogP) is 4.04. The highest BCUT2D eigenvalue weighted by Crippen LogP contribution is 2.25. The lowest BCUT2D eigenvalue weighted by molar-refractivity contribution is 0.0955. The van der Waals surface area contributed by atoms with Gasteiger partial charge in [-0.2, -0.15) is 0 Å². The maximum Gasteiger partial charge on any atom is 0.251 e. The van der Waals surface area contributed by atoms with Crippen LogP contribution in [0, 0.1) is 0 Å². The Bertz CT molecular complexity index is 794. The van der Waals surface area contributed by atoms with Crippen LogP contribution in [0.5, 0.6) is 0 Å². The van der Waals surface area contributed by atoms with Crippen molar-refractivity contribution in [1.82, 2.24) is 10.6 Å². The van der Waals surface area contributed by atoms with Gasteiger partial charge in [0.25, 0.3) is 5.91 Å². The van der Waals surface area contributed by atoms with Gasteiger partial charge in [0, 0.05) is 27.2 Å². The number of nitrogens with zero attached hydrogens (tertiary/aromatic N) is 1. The van der Waals surface area contributed by atoms with Crippen molar-refractivity contribution in [2.45, 2.75) is 13.0 Å². The zero-order valence-corrected chi connectivity index (χ0v) is 16.4. The van der Waals surface area contributed by atoms with Crippen molar-refractivity contribution < 1.29 is 4.79 Å². The molecule has 0 bridgehead atoms. The molecule has 2 rings (SSSR count). The number of aliphatic imine (C=N–C) groups is 1. The lowest BCUT2D eigenvalue weighted by atomic mass is 10.1. The summed E-state index contributed by atoms with van der Waals surface area (Å²) in [6, 6.07) is 11.8. The van der Waals surface area contributed by atoms with E-state index in [2.05, 4.69) is 15.6 Å². The monoisotopic (exact) mass is 412 g/mol. The first-order valence-corrected chi connectivity index (χ1v) is 9.05. The Morgan fingerprint density at radius 3 is 2.42 bits per heavy atom. The third-order valence-corrected chi connectivity index (χ3v) is 4.39. The van der Waals surface area contributed by atoms with Crippen LogP contribution in [0.1, 0.15) is 28.9 Å². The van der Waals surface area contributed by atoms with Crippen LogP contribution in [-0.4, -0.2) is 25.0 Å². The summed E-state index contributed by atoms with van der Waals surface area (Å²) in [6.07, 6.45) is 0. The molecule has 0 spiro atoms. The third-order valence-electron chi connectivity index (χ3n) is 3.58. The standard InChI is InChI=1S/C18H19Cl3N4O/c1-11(15-7-6-14(20)10-16(15)21)25-18(22)24-9-8-23-17(26)12-2-4-13(19)5-3-12/h2-7,10-11H,8-9H2,1H3,(H,23,26)(H3,22,24,25). The molecule has 0 saturated carbocycles. The van der Waals surface area contributed by atoms with Crippen LogP contribution in [-0.2, 0) is 0 Å². The van der Waals surface area contributed by atoms with E-state index in [4.69, 9.17) is 40.5 Å². The molecule has 4 N–H and O–H groups in total. The van der Waals surface area contributed by atoms with Crippen molar-refractivity contribution in [1.29, 1.82) is 0 Å². The van der Waals surface area contributed by atoms with Crippen LogP contribution in [0.2, 0.25) is 15.1 Å². The Hall–Kier alpha value is -1.95. The second kappa shape index (κ2) is 9.67. The number of rotatable bonds is 6. The lowest BCUT2D eigenvalue weighted by Gasteiger charge is -2.16. The zero-order chi connectivity index (χ0) is 19.1. The number of hydrogen-bond donors (Lipinski definition) is 3. The van der Waals surface area contributed by atoms with Crippen molar-refractivity contribution >= 4 is 46.7 Å². The fraction of sp³-hybridized carbons (Fsp3) is 0.222. The molecule has 26 heavy (non-hydrogen) atoms. The van der Waals surface area contributed by atoms with Crippen molar-refractivity contribution in [2.24, 2.45) is 10.7 Å². The first kappa shape index (κ1) is 20.4. The largest absolute Gasteiger partial charge is 0.370 e. The minimum Gasteiger partial charge on any atom is -0.370 e. The van der Waals surface area contributed by atoms with E-state index in [1.165, 1.54) is 0 Å². The molecule has 0 aliphatic heterocycles. The Morgan fingerprint density at radius 2 is 1.77 bits per heavy atom. The molecular formula is C18H19Cl3N4O. The van der Waals surface area contributed by atoms with Crippen LogP contribution in [0.4, 0.5) is 0 Å². The second-order valence-electron chi connectivity index (χ2n) is 5.56. The molecule has 8 heteroatoms. The zero-order valence-electron chi connectivity index (χ0n) is 14.1. The number of nitrogens with one attached hydrogen (secondary N) is 2. The van der Waals surface area contributed by atoms with Gasteiger partial charge in [-0.3, -0.25) is 9.79 Å². The van der Waals surface area contributed by atoms with Gasteiger partial charge in [0.2, 0.25) is 0 Å². The van der Waals surface area contributed by atoms with E-state index in [0.717, 1.165) is 5.56 Å². The number of hydrogen-bond acceptors (Lipinski definition) is 2. The van der Waals surface area contributed by atoms with Crippen LogP contribution < -0.4 is 16.4 Å². The number of carbonyl (C=O) groups excluding carboxylic acids is 1. The van der Waals surface area contributed by atoms with E-state index < -0.39 is 0 Å². The number of amides is 1. The first-order chi connectivity index (χ1) is 12.4. The molecule has 1 atom stereocenters. The maximum absolute atomic E-state index is 12.0. The number of carbonyl (C=O) groups is 1. The highest BCUT2D eigenvalue weighted by molar-refractivity contribution is 6.35. The van der Waals surface area contributed by atoms with Gasteiger partial charge in [-0.25, -0.2) is 0 Å². The van der Waals surface area contributed by atoms with Gasteiger partial charge >= 0.3 is 0 Å². The van der Waals surface area contributed by atoms with E-state index in [-0.39, 0.29) is 17.9 Å². The Kier molecular flexibility index (Phi) is 7.57. The molecule has 1 unspecified atom stereocenters. The van der Waals surface area contributed by atoms with Crippen LogP contribution in [0.25, 0.3) is 0 Å². The summed E-state index contributed by atoms with van der Waals surface area (Å²) in [7, 11) is 0. The molecule has 0 fully saturated rings. The quantitative estimate of drug-likeness (QED) is 0.380. The summed E-state index contributed by atoms with van der Waals surface area (Å²) in [6.45, 7) is 2.62. The average Bonchev–Trinajstić information content (AvgIpc) is 2.59. The van der Waals surface area contributed by atoms with Crippen molar-refractivity contribution in [3.05, 3.63) is 68.7 Å². The number of nitrogens with two attached hydrogens (primary N) is 1. The van der Waals surface area contributed by atoms with Gasteiger partial charge in [-0.15, -0.1) is 0 Å². The SMILES string of the molecule is CC(NC(N)=NCCNC(=O)c1ccc(Cl)cc1)c1ccc(Cl)cc1Cl. The third kappa shape index (κ3) is 6.09. The summed E-state index contributed by atoms with van der Waals surface area (Å²) in [5.74, 6) is 0.0777. The van der Waals surface area contributed by atoms with Gasteiger partial charge in [-0.1, -0.05) is 40.9 Å². The van der Waals surface area contributed by atoms with Gasteiger partial charge in [0.05, 0.1) is 12.6 Å². The highest BCUT2D eigenvalue weighted by Gasteiger charge is 2.10. The molecule has 2 aromatic rings. The average molecular weight is 414 g/mol. The van der Waals surface area contributed by atoms with E-state index in [9.17, 15) is 4.79 Å². The van der Waals surface area contributed by atoms with Gasteiger partial charge in [0.15, 0.2) is 5.96 Å². The molecule has 138 valence electrons. The van der Waals surface area contributed by atoms with Crippen LogP contribution in [0.3, 0.4) is 0 Å². The normalized spacial score (nSPS) is 12.5. The van der Waals surface area contributed by atoms with E-state index >= 15 is 0 Å². The maximum atomic E-state index is 12.0. The molecule has 0 aromatic heterocycles. The van der Waals surface area contributed by atoms with Gasteiger partial charge in [-0.05, 0) is 48.9 Å². The summed E-state index contributed by atoms with van der Waals surface area (Å²) in [5.41, 5.74) is 7.28. The molecule has 0 saturated heterocycles. The molecule has 2 aromatic carbocycles. The second-order valence-corrected chi connectivity index (χ2v) is 6.84. The molecule has 0 radical (unpaired) electrons. The summed E-state index contributed by atoms with van der Waals surface area (Å²) in [4.78, 5) is 16.1. The smallest absolute Gasteiger partial charge is 0.251 e. The minimum absolute atomic E-state index is 0.132. The Balaban J connectivity index is 1.80. The fourth-order valence-corrected chi connectivity index (χ4v) is 2.95. The summed E-state index contributed by atoms with van der Waals surface area (Å²) >= 11 is 17.9. The number of halogens is 3. The van der Waals surface area contributed by atoms with E-state index in [1.807, 2.05) is 13.0 Å². The Morgan fingerprint density at radius 1 is 1.12 bits per heavy atom. The summed E-state index contributed by atoms with van der Waals surface area (Å²) in [5, 5.41) is 7.53. The van der Waals surface area contributed by atoms with Crippen molar-refractivity contribution in [3.63, 3.8) is 0 Å². The number of benzene rings is 2. The van der Waals surface area contributed by atoms with Gasteiger partial charge < -0.3 is 16.4 Å². The predicted molar refractivity (Wildman–Crippen MR) is 108 cm³/mol. The fourth-order valence-electron chi connectivity index (χ4n) is 2.25. The van der Waals surface area contributed by atoms with Crippen molar-refractivity contribution in [2.75, 3.05) is 13.1 Å². The lowest BCUT2D eigenvalue weighted by Crippen LogP contribution is -2.35. The summed E-state index contributed by atoms with van der Waals surface area (Å²) < 4.78 is 0. The highest BCUT2D eigenvalue weighted by atomic mass is 35.5. The topological polar surface area (TPSA) is 79.5 Å². The van der Waals surface area contributed by atoms with Crippen LogP contribution >= 0.6 is 34.8 Å². The van der Waals surface area contributed by atoms with Gasteiger partial charge in [0.1, 0.15) is 0 Å². The molecule has 5 nitrogen and oxygen atoms in total. The minimum atomic E-state index is -0.190. The first-order valence-electron chi connectivity index (χ1n) is 7.92. The molecule has 0 aliphatic carbocycles. The van der Waals surface area contributed by atoms with Crippen molar-refractivity contribution in [3.8, 4) is 0 Å². The van der Waals surface area contributed by atoms with E-state index in [0.29, 0.717) is 33.7 Å². The molecule has 1 amide bonds. The van der Waals surface area contributed by atoms with E-state index in [1.54, 1.807) is 36.4 Å².